The SMILES string of the molecule is CCOC1CC(N)(C(=O)Nc2ccc(C(=O)N3CCC(C)CC3)cc2)C1(C)C.Cl. The van der Waals surface area contributed by atoms with Crippen LogP contribution in [0.4, 0.5) is 5.69 Å². The number of piperidine rings is 1. The minimum atomic E-state index is -0.966. The van der Waals surface area contributed by atoms with Gasteiger partial charge in [-0.2, -0.15) is 0 Å². The lowest BCUT2D eigenvalue weighted by atomic mass is 9.54. The lowest BCUT2D eigenvalue weighted by molar-refractivity contribution is -0.166. The molecular weight excluding hydrogens is 390 g/mol. The minimum Gasteiger partial charge on any atom is -0.378 e. The van der Waals surface area contributed by atoms with Gasteiger partial charge in [-0.1, -0.05) is 20.8 Å². The first-order valence-electron chi connectivity index (χ1n) is 10.3. The first-order valence-corrected chi connectivity index (χ1v) is 10.3. The van der Waals surface area contributed by atoms with Crippen molar-refractivity contribution in [2.75, 3.05) is 25.0 Å². The van der Waals surface area contributed by atoms with Crippen molar-refractivity contribution in [1.82, 2.24) is 4.90 Å². The first-order chi connectivity index (χ1) is 13.2. The molecule has 2 fully saturated rings. The zero-order valence-electron chi connectivity index (χ0n) is 17.9. The first kappa shape index (κ1) is 23.6. The van der Waals surface area contributed by atoms with E-state index in [2.05, 4.69) is 12.2 Å². The Morgan fingerprint density at radius 2 is 1.79 bits per heavy atom. The quantitative estimate of drug-likeness (QED) is 0.759. The molecule has 1 aliphatic heterocycles. The van der Waals surface area contributed by atoms with Crippen LogP contribution >= 0.6 is 12.4 Å². The average molecular weight is 424 g/mol. The van der Waals surface area contributed by atoms with Crippen molar-refractivity contribution >= 4 is 29.9 Å². The van der Waals surface area contributed by atoms with Gasteiger partial charge in [0.2, 0.25) is 5.91 Å². The summed E-state index contributed by atoms with van der Waals surface area (Å²) in [6, 6.07) is 7.09. The molecule has 1 heterocycles. The fraction of sp³-hybridized carbons (Fsp3) is 0.636. The van der Waals surface area contributed by atoms with Crippen LogP contribution in [-0.2, 0) is 9.53 Å². The molecular formula is C22H34ClN3O3. The number of nitrogens with zero attached hydrogens (tertiary/aromatic N) is 1. The number of nitrogens with two attached hydrogens (primary N) is 1. The van der Waals surface area contributed by atoms with Crippen molar-refractivity contribution in [3.8, 4) is 0 Å². The van der Waals surface area contributed by atoms with Gasteiger partial charge in [-0.15, -0.1) is 12.4 Å². The van der Waals surface area contributed by atoms with Crippen LogP contribution in [0.25, 0.3) is 0 Å². The van der Waals surface area contributed by atoms with Crippen molar-refractivity contribution in [2.45, 2.75) is 58.6 Å². The van der Waals surface area contributed by atoms with Crippen LogP contribution in [0.15, 0.2) is 24.3 Å². The predicted octanol–water partition coefficient (Wildman–Crippen LogP) is 3.45. The van der Waals surface area contributed by atoms with Crippen LogP contribution in [0.2, 0.25) is 0 Å². The number of amides is 2. The van der Waals surface area contributed by atoms with Gasteiger partial charge in [0.1, 0.15) is 5.54 Å². The molecule has 29 heavy (non-hydrogen) atoms. The summed E-state index contributed by atoms with van der Waals surface area (Å²) in [5.74, 6) is 0.528. The molecule has 3 rings (SSSR count). The van der Waals surface area contributed by atoms with E-state index in [0.717, 1.165) is 25.9 Å². The average Bonchev–Trinajstić information content (AvgIpc) is 2.68. The second kappa shape index (κ2) is 9.02. The summed E-state index contributed by atoms with van der Waals surface area (Å²) < 4.78 is 5.69. The van der Waals surface area contributed by atoms with Crippen LogP contribution < -0.4 is 11.1 Å². The number of rotatable bonds is 5. The van der Waals surface area contributed by atoms with Crippen molar-refractivity contribution in [2.24, 2.45) is 17.1 Å². The number of halogens is 1. The Balaban J connectivity index is 0.00000300. The molecule has 1 aliphatic carbocycles. The molecule has 162 valence electrons. The Labute approximate surface area is 179 Å². The third kappa shape index (κ3) is 4.44. The second-order valence-corrected chi connectivity index (χ2v) is 8.85. The summed E-state index contributed by atoms with van der Waals surface area (Å²) in [4.78, 5) is 27.4. The number of hydrogen-bond donors (Lipinski definition) is 2. The van der Waals surface area contributed by atoms with Crippen molar-refractivity contribution in [3.63, 3.8) is 0 Å². The molecule has 0 radical (unpaired) electrons. The Bertz CT molecular complexity index is 729. The molecule has 3 N–H and O–H groups in total. The summed E-state index contributed by atoms with van der Waals surface area (Å²) in [6.45, 7) is 10.3. The van der Waals surface area contributed by atoms with Gasteiger partial charge in [0.05, 0.1) is 6.10 Å². The Hall–Kier alpha value is -1.63. The maximum Gasteiger partial charge on any atom is 0.253 e. The highest BCUT2D eigenvalue weighted by molar-refractivity contribution is 6.00. The monoisotopic (exact) mass is 423 g/mol. The molecule has 2 atom stereocenters. The van der Waals surface area contributed by atoms with E-state index in [9.17, 15) is 9.59 Å². The van der Waals surface area contributed by atoms with E-state index in [0.29, 0.717) is 30.2 Å². The molecule has 2 unspecified atom stereocenters. The van der Waals surface area contributed by atoms with Crippen LogP contribution in [0.5, 0.6) is 0 Å². The fourth-order valence-corrected chi connectivity index (χ4v) is 4.15. The minimum absolute atomic E-state index is 0. The highest BCUT2D eigenvalue weighted by atomic mass is 35.5. The third-order valence-electron chi connectivity index (χ3n) is 6.70. The number of likely N-dealkylation sites (tertiary alicyclic amines) is 1. The van der Waals surface area contributed by atoms with Crippen molar-refractivity contribution in [1.29, 1.82) is 0 Å². The molecule has 0 spiro atoms. The molecule has 0 aromatic heterocycles. The third-order valence-corrected chi connectivity index (χ3v) is 6.70. The zero-order valence-corrected chi connectivity index (χ0v) is 18.7. The van der Waals surface area contributed by atoms with Crippen molar-refractivity contribution in [3.05, 3.63) is 29.8 Å². The molecule has 2 aliphatic rings. The zero-order chi connectivity index (χ0) is 20.5. The van der Waals surface area contributed by atoms with Gasteiger partial charge in [-0.25, -0.2) is 0 Å². The fourth-order valence-electron chi connectivity index (χ4n) is 4.15. The van der Waals surface area contributed by atoms with Crippen LogP contribution in [0.1, 0.15) is 57.3 Å². The lowest BCUT2D eigenvalue weighted by Gasteiger charge is -2.57. The van der Waals surface area contributed by atoms with Crippen LogP contribution in [-0.4, -0.2) is 48.1 Å². The number of anilines is 1. The standard InChI is InChI=1S/C22H33N3O3.ClH/c1-5-28-18-14-22(23,21(18,3)4)20(27)24-17-8-6-16(7-9-17)19(26)25-12-10-15(2)11-13-25;/h6-9,15,18H,5,10-14,23H2,1-4H3,(H,24,27);1H. The Kier molecular flexibility index (Phi) is 7.36. The van der Waals surface area contributed by atoms with E-state index in [4.69, 9.17) is 10.5 Å². The van der Waals surface area contributed by atoms with Gasteiger partial charge in [0, 0.05) is 42.8 Å². The number of benzene rings is 1. The number of nitrogens with one attached hydrogen (secondary N) is 1. The molecule has 1 saturated heterocycles. The van der Waals surface area contributed by atoms with Gasteiger partial charge < -0.3 is 20.7 Å². The van der Waals surface area contributed by atoms with E-state index >= 15 is 0 Å². The maximum atomic E-state index is 12.8. The summed E-state index contributed by atoms with van der Waals surface area (Å²) in [7, 11) is 0. The Morgan fingerprint density at radius 1 is 1.21 bits per heavy atom. The summed E-state index contributed by atoms with van der Waals surface area (Å²) >= 11 is 0. The second-order valence-electron chi connectivity index (χ2n) is 8.85. The molecule has 7 heteroatoms. The summed E-state index contributed by atoms with van der Waals surface area (Å²) in [5, 5.41) is 2.91. The normalized spacial score (nSPS) is 26.2. The van der Waals surface area contributed by atoms with Gasteiger partial charge in [0.15, 0.2) is 0 Å². The maximum absolute atomic E-state index is 12.8. The number of hydrogen-bond acceptors (Lipinski definition) is 4. The van der Waals surface area contributed by atoms with E-state index < -0.39 is 11.0 Å². The van der Waals surface area contributed by atoms with E-state index in [1.807, 2.05) is 25.7 Å². The molecule has 1 aromatic carbocycles. The van der Waals surface area contributed by atoms with Gasteiger partial charge in [-0.3, -0.25) is 9.59 Å². The smallest absolute Gasteiger partial charge is 0.253 e. The number of ether oxygens (including phenoxy) is 1. The predicted molar refractivity (Wildman–Crippen MR) is 117 cm³/mol. The topological polar surface area (TPSA) is 84.7 Å². The summed E-state index contributed by atoms with van der Waals surface area (Å²) in [6.07, 6.45) is 2.60. The van der Waals surface area contributed by atoms with Crippen LogP contribution in [0, 0.1) is 11.3 Å². The highest BCUT2D eigenvalue weighted by Gasteiger charge is 2.62. The summed E-state index contributed by atoms with van der Waals surface area (Å²) in [5.41, 5.74) is 6.32. The van der Waals surface area contributed by atoms with E-state index in [1.165, 1.54) is 0 Å². The Morgan fingerprint density at radius 3 is 2.31 bits per heavy atom. The molecule has 1 aromatic rings. The largest absolute Gasteiger partial charge is 0.378 e. The highest BCUT2D eigenvalue weighted by Crippen LogP contribution is 2.50. The van der Waals surface area contributed by atoms with E-state index in [-0.39, 0.29) is 30.3 Å². The lowest BCUT2D eigenvalue weighted by Crippen LogP contribution is -2.74. The van der Waals surface area contributed by atoms with Crippen LogP contribution in [0.3, 0.4) is 0 Å². The number of carbonyl (C=O) groups excluding carboxylic acids is 2. The van der Waals surface area contributed by atoms with Crippen molar-refractivity contribution < 1.29 is 14.3 Å². The van der Waals surface area contributed by atoms with Gasteiger partial charge >= 0.3 is 0 Å². The molecule has 1 saturated carbocycles. The molecule has 2 amide bonds. The molecule has 6 nitrogen and oxygen atoms in total. The van der Waals surface area contributed by atoms with Gasteiger partial charge in [0.25, 0.3) is 5.91 Å². The van der Waals surface area contributed by atoms with Gasteiger partial charge in [-0.05, 0) is 49.9 Å². The molecule has 0 bridgehead atoms. The number of carbonyl (C=O) groups is 2. The van der Waals surface area contributed by atoms with E-state index in [1.54, 1.807) is 24.3 Å².